The average molecular weight is 316 g/mol. The minimum absolute atomic E-state index is 0.123. The summed E-state index contributed by atoms with van der Waals surface area (Å²) in [6, 6.07) is 5.32. The fraction of sp³-hybridized carbons (Fsp3) is 0.556. The topological polar surface area (TPSA) is 73.9 Å². The van der Waals surface area contributed by atoms with Crippen molar-refractivity contribution >= 4 is 12.3 Å². The number of hydrogen-bond acceptors (Lipinski definition) is 5. The molecule has 1 unspecified atom stereocenters. The van der Waals surface area contributed by atoms with Crippen molar-refractivity contribution in [2.24, 2.45) is 16.1 Å². The first kappa shape index (κ1) is 12.5. The molecule has 1 aromatic carbocycles. The van der Waals surface area contributed by atoms with Crippen LogP contribution in [0.4, 0.5) is 0 Å². The number of benzene rings is 1. The first-order valence-electron chi connectivity index (χ1n) is 9.03. The summed E-state index contributed by atoms with van der Waals surface area (Å²) in [6.45, 7) is -2.05. The highest BCUT2D eigenvalue weighted by Crippen LogP contribution is 2.61. The Bertz CT molecular complexity index is 757. The van der Waals surface area contributed by atoms with E-state index >= 15 is 0 Å². The molecule has 0 amide bonds. The Hall–Kier alpha value is -1.88. The van der Waals surface area contributed by atoms with Gasteiger partial charge in [0.15, 0.2) is 0 Å². The molecule has 1 aromatic rings. The number of hydrogen-bond donors (Lipinski definition) is 1. The second-order valence-electron chi connectivity index (χ2n) is 6.79. The number of nitrogens with zero attached hydrogens (tertiary/aromatic N) is 1. The minimum Gasteiger partial charge on any atom is -0.462 e. The maximum atomic E-state index is 11.3. The number of nitrogens with two attached hydrogens (primary N) is 1. The molecule has 0 bridgehead atoms. The summed E-state index contributed by atoms with van der Waals surface area (Å²) in [5.41, 5.74) is 6.46. The van der Waals surface area contributed by atoms with Gasteiger partial charge in [0, 0.05) is 18.1 Å². The number of ether oxygens (including phenoxy) is 2. The molecule has 0 aromatic heterocycles. The van der Waals surface area contributed by atoms with Crippen LogP contribution >= 0.6 is 0 Å². The number of rotatable bonds is 2. The van der Waals surface area contributed by atoms with Gasteiger partial charge in [-0.15, -0.1) is 0 Å². The fourth-order valence-corrected chi connectivity index (χ4v) is 4.53. The van der Waals surface area contributed by atoms with Crippen molar-refractivity contribution in [1.82, 2.24) is 0 Å². The maximum Gasteiger partial charge on any atom is 0.283 e. The summed E-state index contributed by atoms with van der Waals surface area (Å²) >= 11 is 0. The molecule has 0 saturated heterocycles. The Labute approximate surface area is 138 Å². The smallest absolute Gasteiger partial charge is 0.283 e. The van der Waals surface area contributed by atoms with Crippen molar-refractivity contribution < 1.29 is 17.0 Å². The van der Waals surface area contributed by atoms with E-state index in [1.54, 1.807) is 19.2 Å². The number of aldehydes is 1. The first-order valence-corrected chi connectivity index (χ1v) is 8.03. The molecule has 0 radical (unpaired) electrons. The van der Waals surface area contributed by atoms with Gasteiger partial charge in [-0.05, 0) is 49.3 Å². The van der Waals surface area contributed by atoms with Crippen molar-refractivity contribution in [3.63, 3.8) is 0 Å². The molecule has 4 rings (SSSR count). The molecule has 5 heteroatoms. The lowest BCUT2D eigenvalue weighted by molar-refractivity contribution is -0.00984. The highest BCUT2D eigenvalue weighted by Gasteiger charge is 2.61. The van der Waals surface area contributed by atoms with E-state index in [4.69, 9.17) is 17.9 Å². The quantitative estimate of drug-likeness (QED) is 0.849. The van der Waals surface area contributed by atoms with E-state index in [2.05, 4.69) is 4.99 Å². The molecular formula is C18H22N2O3. The lowest BCUT2D eigenvalue weighted by Crippen LogP contribution is -2.46. The van der Waals surface area contributed by atoms with E-state index in [-0.39, 0.29) is 12.1 Å². The number of fused-ring (bicyclic) bond motifs is 3. The minimum atomic E-state index is -2.05. The molecule has 1 atom stereocenters. The van der Waals surface area contributed by atoms with E-state index in [9.17, 15) is 4.79 Å². The Morgan fingerprint density at radius 1 is 1.48 bits per heavy atom. The number of methoxy groups -OCH3 is 1. The van der Waals surface area contributed by atoms with Gasteiger partial charge in [-0.1, -0.05) is 12.1 Å². The molecule has 1 saturated carbocycles. The monoisotopic (exact) mass is 316 g/mol. The van der Waals surface area contributed by atoms with Crippen LogP contribution in [-0.2, 0) is 21.4 Å². The summed E-state index contributed by atoms with van der Waals surface area (Å²) in [7, 11) is 1.71. The SMILES string of the molecule is [2H]C1([2H])OC(N)=NC12c1cc(C=O)ccc1C[C@]21CC[C@@H](OC)CC1. The Morgan fingerprint density at radius 3 is 2.87 bits per heavy atom. The third-order valence-corrected chi connectivity index (χ3v) is 5.76. The standard InChI is InChI=1S/C18H22N2O3/c1-22-14-4-6-17(7-5-14)9-13-3-2-12(10-21)8-15(13)18(17)11-23-16(19)20-18/h2-3,8,10,14H,4-7,9,11H2,1H3,(H2,19,20)/t14-,17-,18?/i11D2. The predicted octanol–water partition coefficient (Wildman–Crippen LogP) is 2.17. The molecule has 23 heavy (non-hydrogen) atoms. The summed E-state index contributed by atoms with van der Waals surface area (Å²) in [5, 5.41) is 0. The third kappa shape index (κ3) is 1.96. The Balaban J connectivity index is 1.91. The van der Waals surface area contributed by atoms with Gasteiger partial charge < -0.3 is 15.2 Å². The molecule has 2 N–H and O–H groups in total. The van der Waals surface area contributed by atoms with Crippen LogP contribution in [0.3, 0.4) is 0 Å². The molecule has 3 aliphatic rings. The molecule has 5 nitrogen and oxygen atoms in total. The van der Waals surface area contributed by atoms with Crippen LogP contribution in [-0.4, -0.2) is 32.1 Å². The van der Waals surface area contributed by atoms with Gasteiger partial charge >= 0.3 is 0 Å². The fourth-order valence-electron chi connectivity index (χ4n) is 4.53. The summed E-state index contributed by atoms with van der Waals surface area (Å²) < 4.78 is 28.1. The van der Waals surface area contributed by atoms with Crippen LogP contribution in [0.1, 0.15) is 49.9 Å². The van der Waals surface area contributed by atoms with Crippen LogP contribution in [0.5, 0.6) is 0 Å². The van der Waals surface area contributed by atoms with E-state index in [1.165, 1.54) is 0 Å². The largest absolute Gasteiger partial charge is 0.462 e. The van der Waals surface area contributed by atoms with Gasteiger partial charge in [0.25, 0.3) is 6.02 Å². The van der Waals surface area contributed by atoms with Gasteiger partial charge in [0.05, 0.1) is 8.85 Å². The van der Waals surface area contributed by atoms with E-state index < -0.39 is 17.5 Å². The summed E-state index contributed by atoms with van der Waals surface area (Å²) in [6.07, 6.45) is 4.91. The lowest BCUT2D eigenvalue weighted by Gasteiger charge is -2.45. The van der Waals surface area contributed by atoms with Crippen LogP contribution in [0.25, 0.3) is 0 Å². The van der Waals surface area contributed by atoms with Crippen LogP contribution in [0.2, 0.25) is 0 Å². The summed E-state index contributed by atoms with van der Waals surface area (Å²) in [5.74, 6) is 0. The van der Waals surface area contributed by atoms with Crippen molar-refractivity contribution in [2.75, 3.05) is 13.7 Å². The zero-order chi connectivity index (χ0) is 17.9. The second-order valence-corrected chi connectivity index (χ2v) is 6.79. The van der Waals surface area contributed by atoms with Crippen molar-refractivity contribution in [2.45, 2.75) is 43.7 Å². The van der Waals surface area contributed by atoms with Crippen molar-refractivity contribution in [3.8, 4) is 0 Å². The van der Waals surface area contributed by atoms with Crippen molar-refractivity contribution in [1.29, 1.82) is 0 Å². The van der Waals surface area contributed by atoms with Gasteiger partial charge in [-0.3, -0.25) is 4.79 Å². The average Bonchev–Trinajstić information content (AvgIpc) is 3.00. The molecule has 2 aliphatic carbocycles. The van der Waals surface area contributed by atoms with Crippen molar-refractivity contribution in [3.05, 3.63) is 34.9 Å². The molecule has 1 aliphatic heterocycles. The highest BCUT2D eigenvalue weighted by atomic mass is 16.5. The number of carbonyl (C=O) groups is 1. The Kier molecular flexibility index (Phi) is 2.76. The molecule has 122 valence electrons. The van der Waals surface area contributed by atoms with E-state index in [0.717, 1.165) is 43.1 Å². The van der Waals surface area contributed by atoms with Crippen LogP contribution in [0, 0.1) is 5.41 Å². The zero-order valence-electron chi connectivity index (χ0n) is 15.2. The van der Waals surface area contributed by atoms with Crippen LogP contribution < -0.4 is 5.73 Å². The highest BCUT2D eigenvalue weighted by molar-refractivity contribution is 5.78. The molecule has 1 fully saturated rings. The first-order chi connectivity index (χ1) is 11.9. The van der Waals surface area contributed by atoms with Gasteiger partial charge in [-0.2, -0.15) is 0 Å². The van der Waals surface area contributed by atoms with Gasteiger partial charge in [-0.25, -0.2) is 4.99 Å². The maximum absolute atomic E-state index is 11.3. The lowest BCUT2D eigenvalue weighted by atomic mass is 9.62. The molecular weight excluding hydrogens is 292 g/mol. The van der Waals surface area contributed by atoms with Gasteiger partial charge in [0.2, 0.25) is 0 Å². The van der Waals surface area contributed by atoms with Gasteiger partial charge in [0.1, 0.15) is 18.4 Å². The molecule has 1 heterocycles. The summed E-state index contributed by atoms with van der Waals surface area (Å²) in [4.78, 5) is 15.8. The zero-order valence-corrected chi connectivity index (χ0v) is 13.2. The number of aliphatic imine (C=N–C) groups is 1. The van der Waals surface area contributed by atoms with E-state index in [0.29, 0.717) is 12.0 Å². The molecule has 2 spiro atoms. The van der Waals surface area contributed by atoms with Crippen LogP contribution in [0.15, 0.2) is 23.2 Å². The Morgan fingerprint density at radius 2 is 2.26 bits per heavy atom. The predicted molar refractivity (Wildman–Crippen MR) is 86.5 cm³/mol. The number of carbonyl (C=O) groups excluding carboxylic acids is 1. The normalized spacial score (nSPS) is 38.7. The second kappa shape index (κ2) is 5.06. The van der Waals surface area contributed by atoms with E-state index in [1.807, 2.05) is 6.07 Å². The third-order valence-electron chi connectivity index (χ3n) is 5.76. The number of amidine groups is 1.